The summed E-state index contributed by atoms with van der Waals surface area (Å²) < 4.78 is 5.20. The van der Waals surface area contributed by atoms with E-state index in [1.165, 1.54) is 6.92 Å². The normalized spacial score (nSPS) is 11.9. The van der Waals surface area contributed by atoms with Crippen molar-refractivity contribution in [2.24, 2.45) is 0 Å². The van der Waals surface area contributed by atoms with Crippen LogP contribution < -0.4 is 4.74 Å². The van der Waals surface area contributed by atoms with Gasteiger partial charge in [-0.05, 0) is 44.0 Å². The van der Waals surface area contributed by atoms with Crippen LogP contribution in [0.1, 0.15) is 28.4 Å². The lowest BCUT2D eigenvalue weighted by molar-refractivity contribution is -0.144. The molecule has 4 heteroatoms. The van der Waals surface area contributed by atoms with E-state index in [2.05, 4.69) is 0 Å². The summed E-state index contributed by atoms with van der Waals surface area (Å²) in [6.45, 7) is 5.18. The van der Waals surface area contributed by atoms with Gasteiger partial charge in [-0.15, -0.1) is 0 Å². The van der Waals surface area contributed by atoms with Crippen LogP contribution >= 0.6 is 0 Å². The van der Waals surface area contributed by atoms with Gasteiger partial charge in [0.2, 0.25) is 0 Å². The van der Waals surface area contributed by atoms with Crippen LogP contribution in [0.15, 0.2) is 12.1 Å². The van der Waals surface area contributed by atoms with Gasteiger partial charge in [0.1, 0.15) is 5.75 Å². The van der Waals surface area contributed by atoms with E-state index in [0.29, 0.717) is 17.6 Å². The zero-order valence-corrected chi connectivity index (χ0v) is 9.48. The number of carbonyl (C=O) groups excluding carboxylic acids is 1. The van der Waals surface area contributed by atoms with Crippen LogP contribution in [0.4, 0.5) is 0 Å². The van der Waals surface area contributed by atoms with Crippen molar-refractivity contribution >= 4 is 12.3 Å². The largest absolute Gasteiger partial charge is 0.479 e. The van der Waals surface area contributed by atoms with Gasteiger partial charge < -0.3 is 9.84 Å². The van der Waals surface area contributed by atoms with Crippen molar-refractivity contribution in [3.8, 4) is 5.75 Å². The van der Waals surface area contributed by atoms with Crippen molar-refractivity contribution in [2.45, 2.75) is 26.9 Å². The van der Waals surface area contributed by atoms with Gasteiger partial charge in [-0.3, -0.25) is 4.79 Å². The maximum Gasteiger partial charge on any atom is 0.344 e. The molecule has 1 aromatic rings. The Morgan fingerprint density at radius 1 is 1.38 bits per heavy atom. The third-order valence-electron chi connectivity index (χ3n) is 2.40. The summed E-state index contributed by atoms with van der Waals surface area (Å²) in [7, 11) is 0. The highest BCUT2D eigenvalue weighted by atomic mass is 16.5. The monoisotopic (exact) mass is 222 g/mol. The van der Waals surface area contributed by atoms with Crippen molar-refractivity contribution in [1.29, 1.82) is 0 Å². The van der Waals surface area contributed by atoms with E-state index in [1.54, 1.807) is 12.1 Å². The number of hydrogen-bond donors (Lipinski definition) is 1. The third kappa shape index (κ3) is 2.59. The zero-order chi connectivity index (χ0) is 12.3. The zero-order valence-electron chi connectivity index (χ0n) is 9.48. The van der Waals surface area contributed by atoms with E-state index >= 15 is 0 Å². The van der Waals surface area contributed by atoms with Gasteiger partial charge in [0.25, 0.3) is 0 Å². The van der Waals surface area contributed by atoms with Crippen LogP contribution in [0.3, 0.4) is 0 Å². The summed E-state index contributed by atoms with van der Waals surface area (Å²) in [5.41, 5.74) is 2.30. The van der Waals surface area contributed by atoms with Crippen LogP contribution in [-0.4, -0.2) is 23.5 Å². The Kier molecular flexibility index (Phi) is 3.66. The molecule has 16 heavy (non-hydrogen) atoms. The predicted molar refractivity (Wildman–Crippen MR) is 59.0 cm³/mol. The van der Waals surface area contributed by atoms with Crippen LogP contribution in [-0.2, 0) is 4.79 Å². The van der Waals surface area contributed by atoms with Gasteiger partial charge in [0.15, 0.2) is 12.4 Å². The van der Waals surface area contributed by atoms with Gasteiger partial charge in [0, 0.05) is 0 Å². The van der Waals surface area contributed by atoms with E-state index in [-0.39, 0.29) is 0 Å². The number of carboxylic acids is 1. The van der Waals surface area contributed by atoms with Crippen molar-refractivity contribution < 1.29 is 19.4 Å². The van der Waals surface area contributed by atoms with E-state index in [0.717, 1.165) is 11.1 Å². The molecule has 0 radical (unpaired) electrons. The predicted octanol–water partition coefficient (Wildman–Crippen LogP) is 1.97. The molecule has 0 aliphatic heterocycles. The molecule has 1 N–H and O–H groups in total. The van der Waals surface area contributed by atoms with E-state index in [1.807, 2.05) is 13.8 Å². The second kappa shape index (κ2) is 4.79. The highest BCUT2D eigenvalue weighted by molar-refractivity contribution is 5.80. The molecule has 0 fully saturated rings. The second-order valence-electron chi connectivity index (χ2n) is 3.69. The quantitative estimate of drug-likeness (QED) is 0.791. The van der Waals surface area contributed by atoms with Gasteiger partial charge in [0.05, 0.1) is 5.56 Å². The molecule has 0 aliphatic rings. The minimum Gasteiger partial charge on any atom is -0.479 e. The minimum absolute atomic E-state index is 0.313. The molecule has 0 aliphatic carbocycles. The fourth-order valence-corrected chi connectivity index (χ4v) is 1.25. The average molecular weight is 222 g/mol. The molecule has 1 aromatic carbocycles. The molecule has 0 heterocycles. The molecule has 0 saturated carbocycles. The Bertz CT molecular complexity index is 423. The smallest absolute Gasteiger partial charge is 0.344 e. The van der Waals surface area contributed by atoms with E-state index < -0.39 is 12.1 Å². The maximum absolute atomic E-state index is 10.8. The summed E-state index contributed by atoms with van der Waals surface area (Å²) in [5, 5.41) is 8.72. The number of hydrogen-bond acceptors (Lipinski definition) is 3. The Balaban J connectivity index is 3.07. The number of aliphatic carboxylic acids is 1. The lowest BCUT2D eigenvalue weighted by Crippen LogP contribution is -2.23. The van der Waals surface area contributed by atoms with Crippen LogP contribution in [0, 0.1) is 13.8 Å². The Morgan fingerprint density at radius 2 is 1.94 bits per heavy atom. The summed E-state index contributed by atoms with van der Waals surface area (Å²) in [6, 6.07) is 3.37. The highest BCUT2D eigenvalue weighted by Gasteiger charge is 2.15. The van der Waals surface area contributed by atoms with Crippen LogP contribution in [0.5, 0.6) is 5.75 Å². The first-order valence-electron chi connectivity index (χ1n) is 4.91. The van der Waals surface area contributed by atoms with Crippen LogP contribution in [0.2, 0.25) is 0 Å². The van der Waals surface area contributed by atoms with E-state index in [9.17, 15) is 9.59 Å². The molecule has 86 valence electrons. The number of aldehydes is 1. The van der Waals surface area contributed by atoms with Crippen molar-refractivity contribution in [3.05, 3.63) is 28.8 Å². The average Bonchev–Trinajstić information content (AvgIpc) is 2.22. The molecule has 0 bridgehead atoms. The molecule has 1 atom stereocenters. The topological polar surface area (TPSA) is 63.6 Å². The summed E-state index contributed by atoms with van der Waals surface area (Å²) in [4.78, 5) is 21.5. The molecule has 0 amide bonds. The Hall–Kier alpha value is -1.84. The first-order valence-corrected chi connectivity index (χ1v) is 4.91. The fourth-order valence-electron chi connectivity index (χ4n) is 1.25. The summed E-state index contributed by atoms with van der Waals surface area (Å²) in [6.07, 6.45) is -0.308. The fraction of sp³-hybridized carbons (Fsp3) is 0.333. The first-order chi connectivity index (χ1) is 7.45. The van der Waals surface area contributed by atoms with Gasteiger partial charge >= 0.3 is 5.97 Å². The van der Waals surface area contributed by atoms with E-state index in [4.69, 9.17) is 9.84 Å². The molecule has 0 spiro atoms. The third-order valence-corrected chi connectivity index (χ3v) is 2.40. The van der Waals surface area contributed by atoms with Gasteiger partial charge in [-0.1, -0.05) is 0 Å². The number of carbonyl (C=O) groups is 2. The minimum atomic E-state index is -1.06. The second-order valence-corrected chi connectivity index (χ2v) is 3.69. The number of benzene rings is 1. The molecule has 0 saturated heterocycles. The number of ether oxygens (including phenoxy) is 1. The van der Waals surface area contributed by atoms with Crippen molar-refractivity contribution in [3.63, 3.8) is 0 Å². The summed E-state index contributed by atoms with van der Waals surface area (Å²) >= 11 is 0. The lowest BCUT2D eigenvalue weighted by atomic mass is 10.1. The molecule has 1 unspecified atom stereocenters. The molecule has 4 nitrogen and oxygen atoms in total. The number of carboxylic acid groups (broad SMARTS) is 1. The van der Waals surface area contributed by atoms with Gasteiger partial charge in [-0.2, -0.15) is 0 Å². The first kappa shape index (κ1) is 12.2. The highest BCUT2D eigenvalue weighted by Crippen LogP contribution is 2.22. The number of aryl methyl sites for hydroxylation is 2. The molecular weight excluding hydrogens is 208 g/mol. The molecular formula is C12H14O4. The van der Waals surface area contributed by atoms with Crippen molar-refractivity contribution in [1.82, 2.24) is 0 Å². The van der Waals surface area contributed by atoms with Crippen LogP contribution in [0.25, 0.3) is 0 Å². The lowest BCUT2D eigenvalue weighted by Gasteiger charge is -2.13. The standard InChI is InChI=1S/C12H14O4/c1-7-4-10(6-13)11(5-8(7)2)16-9(3)12(14)15/h4-6,9H,1-3H3,(H,14,15). The Labute approximate surface area is 93.9 Å². The molecule has 1 rings (SSSR count). The Morgan fingerprint density at radius 3 is 2.44 bits per heavy atom. The summed E-state index contributed by atoms with van der Waals surface area (Å²) in [5.74, 6) is -0.747. The van der Waals surface area contributed by atoms with Gasteiger partial charge in [-0.25, -0.2) is 4.79 Å². The SMILES string of the molecule is Cc1cc(C=O)c(OC(C)C(=O)O)cc1C. The maximum atomic E-state index is 10.8. The van der Waals surface area contributed by atoms with Crippen molar-refractivity contribution in [2.75, 3.05) is 0 Å². The number of rotatable bonds is 4. The molecule has 0 aromatic heterocycles.